The first-order valence-electron chi connectivity index (χ1n) is 6.92. The van der Waals surface area contributed by atoms with Gasteiger partial charge in [0.2, 0.25) is 5.91 Å². The minimum atomic E-state index is 0.228. The molecule has 0 radical (unpaired) electrons. The minimum absolute atomic E-state index is 0.228. The summed E-state index contributed by atoms with van der Waals surface area (Å²) in [5.41, 5.74) is 3.36. The second-order valence-corrected chi connectivity index (χ2v) is 6.05. The Morgan fingerprint density at radius 2 is 2.15 bits per heavy atom. The van der Waals surface area contributed by atoms with Crippen LogP contribution in [0.4, 0.5) is 11.4 Å². The van der Waals surface area contributed by atoms with Gasteiger partial charge < -0.3 is 10.2 Å². The van der Waals surface area contributed by atoms with Gasteiger partial charge in [-0.2, -0.15) is 0 Å². The molecule has 1 N–H and O–H groups in total. The summed E-state index contributed by atoms with van der Waals surface area (Å²) < 4.78 is 0. The van der Waals surface area contributed by atoms with Crippen LogP contribution in [0.25, 0.3) is 0 Å². The van der Waals surface area contributed by atoms with Crippen molar-refractivity contribution >= 4 is 28.6 Å². The molecule has 1 aromatic carbocycles. The molecule has 0 unspecified atom stereocenters. The molecule has 0 saturated carbocycles. The number of hydrogen-bond donors (Lipinski definition) is 1. The molecule has 1 saturated heterocycles. The fourth-order valence-electron chi connectivity index (χ4n) is 2.52. The van der Waals surface area contributed by atoms with Crippen LogP contribution in [0.5, 0.6) is 0 Å². The molecule has 3 nitrogen and oxygen atoms in total. The van der Waals surface area contributed by atoms with Crippen LogP contribution in [0.2, 0.25) is 0 Å². The average molecular weight is 286 g/mol. The van der Waals surface area contributed by atoms with E-state index in [0.717, 1.165) is 30.9 Å². The van der Waals surface area contributed by atoms with Gasteiger partial charge in [-0.1, -0.05) is 12.1 Å². The lowest BCUT2D eigenvalue weighted by Gasteiger charge is -2.20. The lowest BCUT2D eigenvalue weighted by atomic mass is 10.2. The number of nitrogens with one attached hydrogen (secondary N) is 1. The number of hydrogen-bond acceptors (Lipinski definition) is 3. The topological polar surface area (TPSA) is 32.3 Å². The van der Waals surface area contributed by atoms with E-state index in [1.54, 1.807) is 11.3 Å². The fourth-order valence-corrected chi connectivity index (χ4v) is 3.37. The molecule has 20 heavy (non-hydrogen) atoms. The van der Waals surface area contributed by atoms with Crippen LogP contribution in [-0.2, 0) is 11.3 Å². The fraction of sp³-hybridized carbons (Fsp3) is 0.312. The number of amides is 1. The molecule has 0 atom stereocenters. The van der Waals surface area contributed by atoms with E-state index in [1.165, 1.54) is 10.4 Å². The standard InChI is InChI=1S/C16H18N2OS/c1-12-8-10-20-15(12)11-17-13-5-2-3-6-14(13)18-9-4-7-16(18)19/h2-3,5-6,8,10,17H,4,7,9,11H2,1H3. The van der Waals surface area contributed by atoms with Crippen molar-refractivity contribution in [1.82, 2.24) is 0 Å². The summed E-state index contributed by atoms with van der Waals surface area (Å²) in [5.74, 6) is 0.228. The van der Waals surface area contributed by atoms with Gasteiger partial charge in [-0.3, -0.25) is 4.79 Å². The monoisotopic (exact) mass is 286 g/mol. The highest BCUT2D eigenvalue weighted by atomic mass is 32.1. The number of benzene rings is 1. The Kier molecular flexibility index (Phi) is 3.74. The molecule has 2 aromatic rings. The number of aryl methyl sites for hydroxylation is 1. The van der Waals surface area contributed by atoms with E-state index in [1.807, 2.05) is 29.2 Å². The van der Waals surface area contributed by atoms with Crippen molar-refractivity contribution < 1.29 is 4.79 Å². The summed E-state index contributed by atoms with van der Waals surface area (Å²) in [4.78, 5) is 15.1. The lowest BCUT2D eigenvalue weighted by molar-refractivity contribution is -0.117. The average Bonchev–Trinajstić information content (AvgIpc) is 3.06. The van der Waals surface area contributed by atoms with Gasteiger partial charge in [-0.25, -0.2) is 0 Å². The molecule has 0 bridgehead atoms. The number of carbonyl (C=O) groups excluding carboxylic acids is 1. The predicted octanol–water partition coefficient (Wildman–Crippen LogP) is 3.80. The van der Waals surface area contributed by atoms with Crippen LogP contribution < -0.4 is 10.2 Å². The van der Waals surface area contributed by atoms with Gasteiger partial charge in [0.15, 0.2) is 0 Å². The van der Waals surface area contributed by atoms with Crippen LogP contribution in [-0.4, -0.2) is 12.5 Å². The molecule has 1 amide bonds. The number of anilines is 2. The quantitative estimate of drug-likeness (QED) is 0.927. The van der Waals surface area contributed by atoms with Crippen LogP contribution in [0.1, 0.15) is 23.3 Å². The third kappa shape index (κ3) is 2.56. The van der Waals surface area contributed by atoms with Crippen molar-refractivity contribution in [3.05, 3.63) is 46.2 Å². The van der Waals surface area contributed by atoms with Gasteiger partial charge in [0, 0.05) is 24.4 Å². The van der Waals surface area contributed by atoms with Gasteiger partial charge in [0.1, 0.15) is 0 Å². The SMILES string of the molecule is Cc1ccsc1CNc1ccccc1N1CCCC1=O. The third-order valence-electron chi connectivity index (χ3n) is 3.68. The number of carbonyl (C=O) groups is 1. The summed E-state index contributed by atoms with van der Waals surface area (Å²) in [6, 6.07) is 10.2. The van der Waals surface area contributed by atoms with Crippen molar-refractivity contribution in [2.45, 2.75) is 26.3 Å². The summed E-state index contributed by atoms with van der Waals surface area (Å²) in [6.07, 6.45) is 1.62. The Hall–Kier alpha value is -1.81. The molecular formula is C16H18N2OS. The first-order valence-corrected chi connectivity index (χ1v) is 7.80. The first kappa shape index (κ1) is 13.2. The molecule has 1 fully saturated rings. The summed E-state index contributed by atoms with van der Waals surface area (Å²) in [6.45, 7) is 3.77. The molecular weight excluding hydrogens is 268 g/mol. The smallest absolute Gasteiger partial charge is 0.227 e. The molecule has 104 valence electrons. The van der Waals surface area contributed by atoms with E-state index < -0.39 is 0 Å². The molecule has 1 aliphatic heterocycles. The molecule has 0 aliphatic carbocycles. The van der Waals surface area contributed by atoms with E-state index in [9.17, 15) is 4.79 Å². The second kappa shape index (κ2) is 5.67. The maximum atomic E-state index is 11.9. The predicted molar refractivity (Wildman–Crippen MR) is 84.4 cm³/mol. The van der Waals surface area contributed by atoms with Crippen molar-refractivity contribution in [2.75, 3.05) is 16.8 Å². The molecule has 2 heterocycles. The number of para-hydroxylation sites is 2. The molecule has 3 rings (SSSR count). The van der Waals surface area contributed by atoms with Crippen LogP contribution >= 0.6 is 11.3 Å². The molecule has 0 spiro atoms. The Morgan fingerprint density at radius 3 is 2.85 bits per heavy atom. The zero-order valence-electron chi connectivity index (χ0n) is 11.6. The summed E-state index contributed by atoms with van der Waals surface area (Å²) in [7, 11) is 0. The Labute approximate surface area is 123 Å². The van der Waals surface area contributed by atoms with Crippen LogP contribution in [0.3, 0.4) is 0 Å². The van der Waals surface area contributed by atoms with E-state index in [0.29, 0.717) is 6.42 Å². The van der Waals surface area contributed by atoms with Crippen molar-refractivity contribution in [3.63, 3.8) is 0 Å². The van der Waals surface area contributed by atoms with Crippen molar-refractivity contribution in [2.24, 2.45) is 0 Å². The molecule has 1 aromatic heterocycles. The van der Waals surface area contributed by atoms with Gasteiger partial charge in [0.25, 0.3) is 0 Å². The maximum Gasteiger partial charge on any atom is 0.227 e. The highest BCUT2D eigenvalue weighted by Crippen LogP contribution is 2.30. The first-order chi connectivity index (χ1) is 9.75. The van der Waals surface area contributed by atoms with Gasteiger partial charge >= 0.3 is 0 Å². The second-order valence-electron chi connectivity index (χ2n) is 5.05. The van der Waals surface area contributed by atoms with Crippen molar-refractivity contribution in [1.29, 1.82) is 0 Å². The van der Waals surface area contributed by atoms with E-state index >= 15 is 0 Å². The lowest BCUT2D eigenvalue weighted by Crippen LogP contribution is -2.24. The third-order valence-corrected chi connectivity index (χ3v) is 4.70. The van der Waals surface area contributed by atoms with E-state index in [-0.39, 0.29) is 5.91 Å². The zero-order chi connectivity index (χ0) is 13.9. The van der Waals surface area contributed by atoms with Crippen LogP contribution in [0.15, 0.2) is 35.7 Å². The van der Waals surface area contributed by atoms with Crippen molar-refractivity contribution in [3.8, 4) is 0 Å². The van der Waals surface area contributed by atoms with Gasteiger partial charge in [-0.15, -0.1) is 11.3 Å². The number of thiophene rings is 1. The Bertz CT molecular complexity index is 620. The Balaban J connectivity index is 1.79. The summed E-state index contributed by atoms with van der Waals surface area (Å²) in [5, 5.41) is 5.58. The highest BCUT2D eigenvalue weighted by molar-refractivity contribution is 7.10. The normalized spacial score (nSPS) is 14.8. The number of nitrogens with zero attached hydrogens (tertiary/aromatic N) is 1. The Morgan fingerprint density at radius 1 is 1.30 bits per heavy atom. The zero-order valence-corrected chi connectivity index (χ0v) is 12.4. The molecule has 1 aliphatic rings. The maximum absolute atomic E-state index is 11.9. The largest absolute Gasteiger partial charge is 0.378 e. The number of rotatable bonds is 4. The van der Waals surface area contributed by atoms with E-state index in [4.69, 9.17) is 0 Å². The summed E-state index contributed by atoms with van der Waals surface area (Å²) >= 11 is 1.76. The van der Waals surface area contributed by atoms with E-state index in [2.05, 4.69) is 23.7 Å². The van der Waals surface area contributed by atoms with Crippen LogP contribution in [0, 0.1) is 6.92 Å². The van der Waals surface area contributed by atoms with Gasteiger partial charge in [0.05, 0.1) is 11.4 Å². The van der Waals surface area contributed by atoms with Gasteiger partial charge in [-0.05, 0) is 42.5 Å². The minimum Gasteiger partial charge on any atom is -0.378 e. The highest BCUT2D eigenvalue weighted by Gasteiger charge is 2.23. The molecule has 4 heteroatoms.